The summed E-state index contributed by atoms with van der Waals surface area (Å²) in [5.41, 5.74) is 28.0. The van der Waals surface area contributed by atoms with E-state index in [-0.39, 0.29) is 69.6 Å². The van der Waals surface area contributed by atoms with Crippen LogP contribution in [0, 0.1) is 10.8 Å². The Morgan fingerprint density at radius 3 is 0.871 bits per heavy atom. The molecule has 4 fully saturated rings. The summed E-state index contributed by atoms with van der Waals surface area (Å²) < 4.78 is 34.4. The first-order valence-electron chi connectivity index (χ1n) is 43.4. The second-order valence-electron chi connectivity index (χ2n) is 34.2. The Hall–Kier alpha value is -9.94. The maximum absolute atomic E-state index is 12.1. The number of esters is 2. The zero-order valence-electron chi connectivity index (χ0n) is 72.6. The number of piperidine rings is 4. The average molecular weight is 1730 g/mol. The van der Waals surface area contributed by atoms with Crippen LogP contribution in [0.3, 0.4) is 0 Å². The van der Waals surface area contributed by atoms with Gasteiger partial charge >= 0.3 is 23.9 Å². The number of fused-ring (bicyclic) bond motifs is 8. The van der Waals surface area contributed by atoms with Crippen molar-refractivity contribution in [2.75, 3.05) is 119 Å². The summed E-state index contributed by atoms with van der Waals surface area (Å²) in [6.07, 6.45) is 10.6. The molecule has 0 aliphatic carbocycles. The number of carboxylic acid groups (broad SMARTS) is 2. The smallest absolute Gasteiger partial charge is 0.312 e. The minimum absolute atomic E-state index is 0. The lowest BCUT2D eigenvalue weighted by Gasteiger charge is -2.35. The number of rotatable bonds is 20. The van der Waals surface area contributed by atoms with Crippen LogP contribution in [0.5, 0.6) is 23.0 Å². The lowest BCUT2D eigenvalue weighted by Crippen LogP contribution is -2.42. The quantitative estimate of drug-likeness (QED) is 0.0388. The van der Waals surface area contributed by atoms with Crippen molar-refractivity contribution in [1.82, 2.24) is 19.6 Å². The SMILES string of the molecule is CC(C)(CN1CCC(=C2c3ccccc3COc3ccc(CCO)cc32)CC1)C(=O)O.COC(=O)C(C)(C)CN1CCC(=C2c3ccccc3COc3ccc(CCO)cc32)CC1.COC(=O)CCN1CCC(=C2c3ccccc3COc3ccc(CCO)cc32)CC1.Cl.Cl.O=C(O)CCN1CCC(=C2c3ccccc3COc3ccc(CCO)cc32)CC1. The highest BCUT2D eigenvalue weighted by atomic mass is 35.5. The van der Waals surface area contributed by atoms with Crippen molar-refractivity contribution in [2.45, 2.75) is 144 Å². The van der Waals surface area contributed by atoms with Gasteiger partial charge in [-0.3, -0.25) is 19.2 Å². The van der Waals surface area contributed by atoms with Crippen molar-refractivity contribution in [3.05, 3.63) is 281 Å². The third kappa shape index (κ3) is 23.6. The van der Waals surface area contributed by atoms with E-state index in [1.807, 2.05) is 74.5 Å². The van der Waals surface area contributed by atoms with Crippen molar-refractivity contribution >= 4 is 71.0 Å². The van der Waals surface area contributed by atoms with Gasteiger partial charge in [-0.2, -0.15) is 0 Å². The molecule has 8 heterocycles. The molecule has 0 radical (unpaired) electrons. The molecule has 0 amide bonds. The number of carbonyl (C=O) groups is 4. The van der Waals surface area contributed by atoms with Gasteiger partial charge in [-0.25, -0.2) is 0 Å². The zero-order valence-corrected chi connectivity index (χ0v) is 74.2. The lowest BCUT2D eigenvalue weighted by atomic mass is 9.85. The number of aliphatic hydroxyl groups is 4. The molecule has 16 rings (SSSR count). The van der Waals surface area contributed by atoms with E-state index < -0.39 is 22.8 Å². The molecule has 0 bridgehead atoms. The number of halogens is 2. The molecule has 8 aliphatic heterocycles. The van der Waals surface area contributed by atoms with E-state index in [1.54, 1.807) is 13.8 Å². The average Bonchev–Trinajstić information content (AvgIpc) is 1.54. The zero-order chi connectivity index (χ0) is 85.9. The van der Waals surface area contributed by atoms with E-state index in [0.29, 0.717) is 78.2 Å². The van der Waals surface area contributed by atoms with Gasteiger partial charge in [-0.1, -0.05) is 144 Å². The van der Waals surface area contributed by atoms with Gasteiger partial charge in [0.05, 0.1) is 37.9 Å². The van der Waals surface area contributed by atoms with Gasteiger partial charge in [0, 0.05) is 127 Å². The van der Waals surface area contributed by atoms with Crippen LogP contribution in [0.2, 0.25) is 0 Å². The van der Waals surface area contributed by atoms with Crippen molar-refractivity contribution in [3.8, 4) is 23.0 Å². The number of likely N-dealkylation sites (tertiary alicyclic amines) is 4. The van der Waals surface area contributed by atoms with Crippen molar-refractivity contribution < 1.29 is 78.2 Å². The Morgan fingerprint density at radius 1 is 0.347 bits per heavy atom. The van der Waals surface area contributed by atoms with Crippen LogP contribution in [-0.4, -0.2) is 193 Å². The summed E-state index contributed by atoms with van der Waals surface area (Å²) in [5.74, 6) is 1.77. The Balaban J connectivity index is 0.000000160. The van der Waals surface area contributed by atoms with Gasteiger partial charge in [0.2, 0.25) is 0 Å². The Labute approximate surface area is 742 Å². The summed E-state index contributed by atoms with van der Waals surface area (Å²) >= 11 is 0. The Kier molecular flexibility index (Phi) is 34.2. The van der Waals surface area contributed by atoms with Crippen LogP contribution in [0.25, 0.3) is 22.3 Å². The van der Waals surface area contributed by atoms with Crippen LogP contribution in [0.15, 0.2) is 192 Å². The predicted octanol–water partition coefficient (Wildman–Crippen LogP) is 16.2. The number of nitrogens with zero attached hydrogens (tertiary/aromatic N) is 4. The number of carbonyl (C=O) groups excluding carboxylic acids is 2. The molecule has 0 saturated carbocycles. The molecule has 8 aromatic rings. The number of carboxylic acids is 2. The highest BCUT2D eigenvalue weighted by Gasteiger charge is 2.36. The standard InChI is InChI=1S/C27H33NO4.C26H31NO4.C25H29NO4.C24H27NO4.2ClH/c1-27(2,26(30)31-3)18-28-13-10-20(11-14-28)25-22-7-5-4-6-21(22)17-32-24-9-8-19(12-15-29)16-23(24)25;1-26(2,25(29)30)17-27-12-9-19(10-13-27)24-21-6-4-3-5-20(21)16-31-23-8-7-18(11-14-28)15-22(23)24;1-29-24(28)10-14-26-12-8-19(9-13-26)25-21-5-3-2-4-20(21)17-30-23-7-6-18(11-15-27)16-22(23)25;26-14-10-17-5-6-22-21(15-17)24(20-4-2-1-3-19(20)16-29-22)18-7-11-25(12-8-18)13-9-23(27)28;;/h4-9,16,29H,10-15,17-18H2,1-3H3;3-8,15,28H,9-14,16-17H2,1-2H3,(H,29,30);2-7,16,27H,8-15,17H2,1H3;1-6,15,26H,7-14,16H2,(H,27,28);2*1H. The van der Waals surface area contributed by atoms with Gasteiger partial charge in [0.1, 0.15) is 49.4 Å². The largest absolute Gasteiger partial charge is 0.488 e. The first kappa shape index (κ1) is 94.7. The highest BCUT2D eigenvalue weighted by molar-refractivity contribution is 5.91. The molecular weight excluding hydrogens is 1610 g/mol. The molecule has 20 nitrogen and oxygen atoms in total. The molecule has 4 saturated heterocycles. The van der Waals surface area contributed by atoms with Crippen LogP contribution in [0.4, 0.5) is 0 Å². The minimum atomic E-state index is -0.753. The topological polar surface area (TPSA) is 258 Å². The summed E-state index contributed by atoms with van der Waals surface area (Å²) in [4.78, 5) is 55.2. The molecule has 6 N–H and O–H groups in total. The molecule has 22 heteroatoms. The van der Waals surface area contributed by atoms with Crippen molar-refractivity contribution in [1.29, 1.82) is 0 Å². The van der Waals surface area contributed by atoms with Gasteiger partial charge in [-0.15, -0.1) is 24.8 Å². The summed E-state index contributed by atoms with van der Waals surface area (Å²) in [7, 11) is 2.89. The molecule has 0 unspecified atom stereocenters. The van der Waals surface area contributed by atoms with E-state index in [1.165, 1.54) is 103 Å². The van der Waals surface area contributed by atoms with Crippen molar-refractivity contribution in [2.24, 2.45) is 10.8 Å². The molecule has 0 aromatic heterocycles. The van der Waals surface area contributed by atoms with Crippen LogP contribution in [-0.2, 0) is 80.8 Å². The van der Waals surface area contributed by atoms with Crippen LogP contribution in [0.1, 0.15) is 181 Å². The second-order valence-corrected chi connectivity index (χ2v) is 34.2. The third-order valence-corrected chi connectivity index (χ3v) is 24.8. The van der Waals surface area contributed by atoms with Crippen LogP contribution >= 0.6 is 24.8 Å². The molecular formula is C102H122Cl2N4O16. The van der Waals surface area contributed by atoms with Gasteiger partial charge in [0.15, 0.2) is 0 Å². The molecule has 0 spiro atoms. The fourth-order valence-electron chi connectivity index (χ4n) is 18.2. The van der Waals surface area contributed by atoms with Crippen LogP contribution < -0.4 is 18.9 Å². The molecule has 8 aliphatic rings. The van der Waals surface area contributed by atoms with E-state index in [4.69, 9.17) is 33.5 Å². The Bertz CT molecular complexity index is 5160. The number of benzene rings is 8. The van der Waals surface area contributed by atoms with E-state index in [9.17, 15) is 44.7 Å². The fraction of sp³-hybridized carbons (Fsp3) is 0.412. The second kappa shape index (κ2) is 44.8. The van der Waals surface area contributed by atoms with Gasteiger partial charge in [0.25, 0.3) is 0 Å². The maximum Gasteiger partial charge on any atom is 0.312 e. The van der Waals surface area contributed by atoms with E-state index in [2.05, 4.69) is 129 Å². The van der Waals surface area contributed by atoms with E-state index >= 15 is 0 Å². The predicted molar refractivity (Wildman–Crippen MR) is 489 cm³/mol. The fourth-order valence-corrected chi connectivity index (χ4v) is 18.2. The third-order valence-electron chi connectivity index (χ3n) is 24.8. The highest BCUT2D eigenvalue weighted by Crippen LogP contribution is 2.47. The number of hydrogen-bond acceptors (Lipinski definition) is 18. The number of methoxy groups -OCH3 is 2. The number of aliphatic hydroxyl groups excluding tert-OH is 4. The van der Waals surface area contributed by atoms with Gasteiger partial charge in [-0.05, 0) is 242 Å². The Morgan fingerprint density at radius 2 is 0.613 bits per heavy atom. The molecule has 0 atom stereocenters. The maximum atomic E-state index is 12.1. The van der Waals surface area contributed by atoms with E-state index in [0.717, 1.165) is 178 Å². The molecule has 660 valence electrons. The van der Waals surface area contributed by atoms with Gasteiger partial charge < -0.3 is 78.7 Å². The first-order valence-corrected chi connectivity index (χ1v) is 43.4. The summed E-state index contributed by atoms with van der Waals surface area (Å²) in [6.45, 7) is 19.9. The normalized spacial score (nSPS) is 16.3. The summed E-state index contributed by atoms with van der Waals surface area (Å²) in [6, 6.07) is 58.8. The first-order chi connectivity index (χ1) is 59.2. The number of ether oxygens (including phenoxy) is 6. The minimum Gasteiger partial charge on any atom is -0.488 e. The monoisotopic (exact) mass is 1730 g/mol. The molecule has 124 heavy (non-hydrogen) atoms. The number of aliphatic carboxylic acids is 2. The summed E-state index contributed by atoms with van der Waals surface area (Å²) in [5, 5.41) is 56.1. The number of hydrogen-bond donors (Lipinski definition) is 6. The van der Waals surface area contributed by atoms with Crippen molar-refractivity contribution in [3.63, 3.8) is 0 Å². The molecule has 8 aromatic carbocycles. The lowest BCUT2D eigenvalue weighted by molar-refractivity contribution is -0.152.